The Hall–Kier alpha value is -1.43. The van der Waals surface area contributed by atoms with E-state index in [1.807, 2.05) is 6.92 Å². The van der Waals surface area contributed by atoms with Gasteiger partial charge in [0.2, 0.25) is 11.8 Å². The molecule has 0 radical (unpaired) electrons. The maximum Gasteiger partial charge on any atom is 0.225 e. The molecule has 0 bridgehead atoms. The zero-order chi connectivity index (χ0) is 15.4. The number of rotatable bonds is 6. The molecule has 21 heavy (non-hydrogen) atoms. The van der Waals surface area contributed by atoms with E-state index in [2.05, 4.69) is 24.1 Å². The van der Waals surface area contributed by atoms with E-state index in [9.17, 15) is 9.59 Å². The molecule has 1 aliphatic rings. The lowest BCUT2D eigenvalue weighted by Crippen LogP contribution is -2.34. The van der Waals surface area contributed by atoms with Crippen LogP contribution >= 0.6 is 11.3 Å². The smallest absolute Gasteiger partial charge is 0.225 e. The van der Waals surface area contributed by atoms with Gasteiger partial charge in [0, 0.05) is 37.4 Å². The van der Waals surface area contributed by atoms with Crippen molar-refractivity contribution in [2.75, 3.05) is 19.6 Å². The average molecular weight is 309 g/mol. The molecule has 6 heteroatoms. The molecule has 2 amide bonds. The maximum atomic E-state index is 12.1. The minimum Gasteiger partial charge on any atom is -0.355 e. The van der Waals surface area contributed by atoms with E-state index in [-0.39, 0.29) is 17.7 Å². The highest BCUT2D eigenvalue weighted by molar-refractivity contribution is 7.11. The third-order valence-corrected chi connectivity index (χ3v) is 4.95. The van der Waals surface area contributed by atoms with Gasteiger partial charge in [-0.3, -0.25) is 9.59 Å². The van der Waals surface area contributed by atoms with E-state index in [0.717, 1.165) is 23.5 Å². The van der Waals surface area contributed by atoms with Crippen molar-refractivity contribution in [1.29, 1.82) is 0 Å². The van der Waals surface area contributed by atoms with E-state index < -0.39 is 0 Å². The lowest BCUT2D eigenvalue weighted by molar-refractivity contribution is -0.128. The summed E-state index contributed by atoms with van der Waals surface area (Å²) in [5.41, 5.74) is 1.15. The largest absolute Gasteiger partial charge is 0.355 e. The van der Waals surface area contributed by atoms with Crippen molar-refractivity contribution >= 4 is 23.2 Å². The van der Waals surface area contributed by atoms with Gasteiger partial charge in [0.25, 0.3) is 0 Å². The first-order valence-electron chi connectivity index (χ1n) is 7.55. The molecule has 0 unspecified atom stereocenters. The number of nitrogens with zero attached hydrogens (tertiary/aromatic N) is 2. The lowest BCUT2D eigenvalue weighted by atomic mass is 10.1. The molecule has 1 N–H and O–H groups in total. The first kappa shape index (κ1) is 15.9. The van der Waals surface area contributed by atoms with Crippen molar-refractivity contribution in [1.82, 2.24) is 15.2 Å². The van der Waals surface area contributed by atoms with Gasteiger partial charge in [-0.05, 0) is 20.3 Å². The quantitative estimate of drug-likeness (QED) is 0.867. The monoisotopic (exact) mass is 309 g/mol. The summed E-state index contributed by atoms with van der Waals surface area (Å²) in [7, 11) is 0. The van der Waals surface area contributed by atoms with Crippen LogP contribution in [-0.4, -0.2) is 41.3 Å². The number of aryl methyl sites for hydroxylation is 2. The van der Waals surface area contributed by atoms with Gasteiger partial charge in [0.15, 0.2) is 0 Å². The summed E-state index contributed by atoms with van der Waals surface area (Å²) in [5, 5.41) is 4.01. The van der Waals surface area contributed by atoms with Gasteiger partial charge >= 0.3 is 0 Å². The van der Waals surface area contributed by atoms with Crippen LogP contribution in [0.5, 0.6) is 0 Å². The van der Waals surface area contributed by atoms with Crippen molar-refractivity contribution < 1.29 is 9.59 Å². The molecular formula is C15H23N3O2S. The summed E-state index contributed by atoms with van der Waals surface area (Å²) in [4.78, 5) is 31.3. The predicted octanol–water partition coefficient (Wildman–Crippen LogP) is 1.54. The van der Waals surface area contributed by atoms with Gasteiger partial charge in [-0.25, -0.2) is 4.98 Å². The molecule has 1 fully saturated rings. The summed E-state index contributed by atoms with van der Waals surface area (Å²) < 4.78 is 0. The number of thiazole rings is 1. The molecule has 1 saturated heterocycles. The van der Waals surface area contributed by atoms with Crippen LogP contribution < -0.4 is 5.32 Å². The number of hydrogen-bond donors (Lipinski definition) is 1. The number of nitrogens with one attached hydrogen (secondary N) is 1. The number of amides is 2. The molecule has 2 rings (SSSR count). The number of likely N-dealkylation sites (tertiary alicyclic amines) is 1. The molecule has 5 nitrogen and oxygen atoms in total. The molecule has 116 valence electrons. The maximum absolute atomic E-state index is 12.1. The highest BCUT2D eigenvalue weighted by Gasteiger charge is 2.33. The predicted molar refractivity (Wildman–Crippen MR) is 83.3 cm³/mol. The van der Waals surface area contributed by atoms with Gasteiger partial charge in [-0.2, -0.15) is 0 Å². The Kier molecular flexibility index (Phi) is 5.33. The Morgan fingerprint density at radius 1 is 1.48 bits per heavy atom. The SMILES string of the molecule is CCc1nc(CCNC(=O)[C@@H]2CC(=O)N(CC)C2)sc1C. The van der Waals surface area contributed by atoms with E-state index in [1.54, 1.807) is 16.2 Å². The van der Waals surface area contributed by atoms with Crippen LogP contribution in [0, 0.1) is 12.8 Å². The van der Waals surface area contributed by atoms with Gasteiger partial charge < -0.3 is 10.2 Å². The second-order valence-corrected chi connectivity index (χ2v) is 6.63. The van der Waals surface area contributed by atoms with Crippen molar-refractivity contribution in [3.63, 3.8) is 0 Å². The summed E-state index contributed by atoms with van der Waals surface area (Å²) in [6.07, 6.45) is 2.05. The average Bonchev–Trinajstić information content (AvgIpc) is 3.01. The fraction of sp³-hybridized carbons (Fsp3) is 0.667. The molecule has 0 aliphatic carbocycles. The van der Waals surface area contributed by atoms with Crippen LogP contribution in [0.4, 0.5) is 0 Å². The summed E-state index contributed by atoms with van der Waals surface area (Å²) in [6, 6.07) is 0. The Balaban J connectivity index is 1.78. The zero-order valence-electron chi connectivity index (χ0n) is 12.9. The second-order valence-electron chi connectivity index (χ2n) is 5.34. The molecule has 1 aromatic rings. The van der Waals surface area contributed by atoms with Gasteiger partial charge in [-0.15, -0.1) is 11.3 Å². The lowest BCUT2D eigenvalue weighted by Gasteiger charge is -2.13. The van der Waals surface area contributed by atoms with Gasteiger partial charge in [-0.1, -0.05) is 6.92 Å². The van der Waals surface area contributed by atoms with Crippen LogP contribution in [0.1, 0.15) is 35.8 Å². The van der Waals surface area contributed by atoms with Crippen molar-refractivity contribution in [3.8, 4) is 0 Å². The van der Waals surface area contributed by atoms with Crippen LogP contribution in [0.15, 0.2) is 0 Å². The summed E-state index contributed by atoms with van der Waals surface area (Å²) in [5.74, 6) is -0.120. The Morgan fingerprint density at radius 3 is 2.81 bits per heavy atom. The van der Waals surface area contributed by atoms with Crippen LogP contribution in [0.3, 0.4) is 0 Å². The molecule has 2 heterocycles. The van der Waals surface area contributed by atoms with Crippen LogP contribution in [0.2, 0.25) is 0 Å². The summed E-state index contributed by atoms with van der Waals surface area (Å²) >= 11 is 1.70. The van der Waals surface area contributed by atoms with Crippen LogP contribution in [-0.2, 0) is 22.4 Å². The summed E-state index contributed by atoms with van der Waals surface area (Å²) in [6.45, 7) is 7.95. The van der Waals surface area contributed by atoms with Gasteiger partial charge in [0.05, 0.1) is 16.6 Å². The fourth-order valence-electron chi connectivity index (χ4n) is 2.61. The van der Waals surface area contributed by atoms with Crippen molar-refractivity contribution in [2.45, 2.75) is 40.0 Å². The molecule has 1 aliphatic heterocycles. The minimum absolute atomic E-state index is 0.0108. The highest BCUT2D eigenvalue weighted by Crippen LogP contribution is 2.19. The molecule has 1 aromatic heterocycles. The Bertz CT molecular complexity index is 527. The van der Waals surface area contributed by atoms with Crippen LogP contribution in [0.25, 0.3) is 0 Å². The van der Waals surface area contributed by atoms with Gasteiger partial charge in [0.1, 0.15) is 0 Å². The van der Waals surface area contributed by atoms with E-state index in [1.165, 1.54) is 4.88 Å². The first-order chi connectivity index (χ1) is 10.0. The standard InChI is InChI=1S/C15H23N3O2S/c1-4-12-10(3)21-13(17-12)6-7-16-15(20)11-8-14(19)18(5-2)9-11/h11H,4-9H2,1-3H3,(H,16,20)/t11-/m1/s1. The first-order valence-corrected chi connectivity index (χ1v) is 8.37. The highest BCUT2D eigenvalue weighted by atomic mass is 32.1. The zero-order valence-corrected chi connectivity index (χ0v) is 13.8. The Morgan fingerprint density at radius 2 is 2.24 bits per heavy atom. The topological polar surface area (TPSA) is 62.3 Å². The van der Waals surface area contributed by atoms with Crippen molar-refractivity contribution in [3.05, 3.63) is 15.6 Å². The molecule has 0 saturated carbocycles. The Labute approximate surface area is 129 Å². The third kappa shape index (κ3) is 3.81. The normalized spacial score (nSPS) is 18.3. The van der Waals surface area contributed by atoms with E-state index >= 15 is 0 Å². The number of hydrogen-bond acceptors (Lipinski definition) is 4. The number of aromatic nitrogens is 1. The van der Waals surface area contributed by atoms with E-state index in [4.69, 9.17) is 0 Å². The molecule has 1 atom stereocenters. The van der Waals surface area contributed by atoms with Crippen molar-refractivity contribution in [2.24, 2.45) is 5.92 Å². The number of carbonyl (C=O) groups excluding carboxylic acids is 2. The number of carbonyl (C=O) groups is 2. The fourth-order valence-corrected chi connectivity index (χ4v) is 3.63. The molecular weight excluding hydrogens is 286 g/mol. The second kappa shape index (κ2) is 7.02. The van der Waals surface area contributed by atoms with E-state index in [0.29, 0.717) is 26.1 Å². The minimum atomic E-state index is -0.193. The molecule has 0 aromatic carbocycles. The third-order valence-electron chi connectivity index (χ3n) is 3.88. The molecule has 0 spiro atoms.